The van der Waals surface area contributed by atoms with Crippen LogP contribution >= 0.6 is 22.9 Å². The standard InChI is InChI=1S/C14H17ClN4O2S/c1-3-6-16-9(2)12-8-22-14(18-12)17-10-4-5-11(15)13(7-10)19(20)21/h4-5,7-9,16H,3,6H2,1-2H3,(H,17,18). The van der Waals surface area contributed by atoms with Crippen LogP contribution in [0.5, 0.6) is 0 Å². The van der Waals surface area contributed by atoms with E-state index in [0.717, 1.165) is 18.7 Å². The van der Waals surface area contributed by atoms with E-state index in [4.69, 9.17) is 11.6 Å². The molecule has 0 saturated heterocycles. The highest BCUT2D eigenvalue weighted by Crippen LogP contribution is 2.30. The van der Waals surface area contributed by atoms with E-state index in [9.17, 15) is 10.1 Å². The number of benzene rings is 1. The van der Waals surface area contributed by atoms with E-state index in [1.54, 1.807) is 6.07 Å². The van der Waals surface area contributed by atoms with Crippen molar-refractivity contribution >= 4 is 39.4 Å². The highest BCUT2D eigenvalue weighted by Gasteiger charge is 2.14. The Morgan fingerprint density at radius 3 is 2.95 bits per heavy atom. The van der Waals surface area contributed by atoms with Crippen molar-refractivity contribution < 1.29 is 4.92 Å². The van der Waals surface area contributed by atoms with E-state index in [-0.39, 0.29) is 16.8 Å². The van der Waals surface area contributed by atoms with Crippen LogP contribution in [0.2, 0.25) is 5.02 Å². The number of hydrogen-bond donors (Lipinski definition) is 2. The van der Waals surface area contributed by atoms with Crippen LogP contribution in [-0.4, -0.2) is 16.5 Å². The fourth-order valence-electron chi connectivity index (χ4n) is 1.86. The fraction of sp³-hybridized carbons (Fsp3) is 0.357. The molecule has 0 aliphatic heterocycles. The molecule has 0 spiro atoms. The van der Waals surface area contributed by atoms with Gasteiger partial charge in [-0.2, -0.15) is 0 Å². The Bertz CT molecular complexity index is 662. The predicted octanol–water partition coefficient (Wildman–Crippen LogP) is 4.51. The molecule has 0 bridgehead atoms. The zero-order valence-electron chi connectivity index (χ0n) is 12.3. The number of aromatic nitrogens is 1. The van der Waals surface area contributed by atoms with Gasteiger partial charge in [-0.25, -0.2) is 4.98 Å². The summed E-state index contributed by atoms with van der Waals surface area (Å²) in [4.78, 5) is 14.9. The van der Waals surface area contributed by atoms with Crippen LogP contribution in [-0.2, 0) is 0 Å². The molecular weight excluding hydrogens is 324 g/mol. The molecule has 1 atom stereocenters. The van der Waals surface area contributed by atoms with Crippen molar-refractivity contribution in [2.45, 2.75) is 26.3 Å². The molecule has 6 nitrogen and oxygen atoms in total. The third kappa shape index (κ3) is 4.16. The summed E-state index contributed by atoms with van der Waals surface area (Å²) in [5, 5.41) is 20.1. The molecule has 118 valence electrons. The third-order valence-corrected chi connectivity index (χ3v) is 4.16. The van der Waals surface area contributed by atoms with Gasteiger partial charge < -0.3 is 10.6 Å². The molecule has 0 radical (unpaired) electrons. The minimum Gasteiger partial charge on any atom is -0.331 e. The molecule has 0 aliphatic carbocycles. The fourth-order valence-corrected chi connectivity index (χ4v) is 2.87. The number of thiazole rings is 1. The van der Waals surface area contributed by atoms with Crippen LogP contribution in [0.4, 0.5) is 16.5 Å². The molecule has 1 aromatic carbocycles. The van der Waals surface area contributed by atoms with Crippen LogP contribution in [0.15, 0.2) is 23.6 Å². The zero-order valence-corrected chi connectivity index (χ0v) is 13.9. The van der Waals surface area contributed by atoms with Crippen molar-refractivity contribution in [1.82, 2.24) is 10.3 Å². The lowest BCUT2D eigenvalue weighted by Crippen LogP contribution is -2.19. The maximum atomic E-state index is 10.9. The Hall–Kier alpha value is -1.70. The van der Waals surface area contributed by atoms with Gasteiger partial charge in [-0.05, 0) is 32.0 Å². The first kappa shape index (κ1) is 16.7. The minimum absolute atomic E-state index is 0.118. The van der Waals surface area contributed by atoms with Gasteiger partial charge in [0.1, 0.15) is 5.02 Å². The quantitative estimate of drug-likeness (QED) is 0.572. The monoisotopic (exact) mass is 340 g/mol. The van der Waals surface area contributed by atoms with E-state index in [1.165, 1.54) is 23.5 Å². The maximum Gasteiger partial charge on any atom is 0.289 e. The third-order valence-electron chi connectivity index (χ3n) is 3.06. The summed E-state index contributed by atoms with van der Waals surface area (Å²) in [7, 11) is 0. The highest BCUT2D eigenvalue weighted by atomic mass is 35.5. The van der Waals surface area contributed by atoms with Crippen molar-refractivity contribution in [3.63, 3.8) is 0 Å². The molecule has 2 rings (SSSR count). The van der Waals surface area contributed by atoms with Crippen molar-refractivity contribution in [1.29, 1.82) is 0 Å². The molecule has 0 fully saturated rings. The van der Waals surface area contributed by atoms with Crippen LogP contribution in [0.3, 0.4) is 0 Å². The van der Waals surface area contributed by atoms with Crippen molar-refractivity contribution in [2.24, 2.45) is 0 Å². The van der Waals surface area contributed by atoms with Crippen molar-refractivity contribution in [2.75, 3.05) is 11.9 Å². The second-order valence-corrected chi connectivity index (χ2v) is 6.07. The molecule has 2 N–H and O–H groups in total. The molecule has 22 heavy (non-hydrogen) atoms. The van der Waals surface area contributed by atoms with E-state index in [2.05, 4.69) is 29.5 Å². The van der Waals surface area contributed by atoms with E-state index in [0.29, 0.717) is 10.8 Å². The topological polar surface area (TPSA) is 80.1 Å². The molecule has 1 aromatic heterocycles. The molecule has 1 unspecified atom stereocenters. The SMILES string of the molecule is CCCNC(C)c1csc(Nc2ccc(Cl)c([N+](=O)[O-])c2)n1. The second kappa shape index (κ2) is 7.53. The second-order valence-electron chi connectivity index (χ2n) is 4.80. The van der Waals surface area contributed by atoms with Crippen molar-refractivity contribution in [3.8, 4) is 0 Å². The maximum absolute atomic E-state index is 10.9. The normalized spacial score (nSPS) is 12.1. The lowest BCUT2D eigenvalue weighted by molar-refractivity contribution is -0.384. The Morgan fingerprint density at radius 2 is 2.27 bits per heavy atom. The zero-order chi connectivity index (χ0) is 16.1. The van der Waals surface area contributed by atoms with Gasteiger partial charge in [-0.15, -0.1) is 11.3 Å². The number of rotatable bonds is 7. The van der Waals surface area contributed by atoms with Crippen molar-refractivity contribution in [3.05, 3.63) is 44.4 Å². The van der Waals surface area contributed by atoms with E-state index >= 15 is 0 Å². The average Bonchev–Trinajstić information content (AvgIpc) is 2.95. The summed E-state index contributed by atoms with van der Waals surface area (Å²) in [5.74, 6) is 0. The Labute approximate surface area is 137 Å². The molecule has 8 heteroatoms. The average molecular weight is 341 g/mol. The van der Waals surface area contributed by atoms with Crippen LogP contribution in [0.25, 0.3) is 0 Å². The number of hydrogen-bond acceptors (Lipinski definition) is 6. The number of halogens is 1. The predicted molar refractivity (Wildman–Crippen MR) is 90.2 cm³/mol. The first-order chi connectivity index (χ1) is 10.5. The summed E-state index contributed by atoms with van der Waals surface area (Å²) < 4.78 is 0. The van der Waals surface area contributed by atoms with Crippen LogP contribution in [0.1, 0.15) is 32.0 Å². The van der Waals surface area contributed by atoms with Gasteiger partial charge in [0, 0.05) is 23.2 Å². The number of nitrogens with zero attached hydrogens (tertiary/aromatic N) is 2. The molecule has 1 heterocycles. The highest BCUT2D eigenvalue weighted by molar-refractivity contribution is 7.13. The van der Waals surface area contributed by atoms with Gasteiger partial charge in [-0.3, -0.25) is 10.1 Å². The van der Waals surface area contributed by atoms with Gasteiger partial charge in [0.05, 0.1) is 10.6 Å². The van der Waals surface area contributed by atoms with E-state index < -0.39 is 4.92 Å². The van der Waals surface area contributed by atoms with Gasteiger partial charge in [-0.1, -0.05) is 18.5 Å². The summed E-state index contributed by atoms with van der Waals surface area (Å²) >= 11 is 7.26. The van der Waals surface area contributed by atoms with Crippen LogP contribution < -0.4 is 10.6 Å². The first-order valence-electron chi connectivity index (χ1n) is 6.91. The smallest absolute Gasteiger partial charge is 0.289 e. The summed E-state index contributed by atoms with van der Waals surface area (Å²) in [6.07, 6.45) is 1.06. The largest absolute Gasteiger partial charge is 0.331 e. The van der Waals surface area contributed by atoms with Gasteiger partial charge in [0.25, 0.3) is 5.69 Å². The lowest BCUT2D eigenvalue weighted by atomic mass is 10.2. The number of nitro groups is 1. The number of anilines is 2. The number of nitro benzene ring substituents is 1. The Morgan fingerprint density at radius 1 is 1.50 bits per heavy atom. The Kier molecular flexibility index (Phi) is 5.70. The molecule has 2 aromatic rings. The summed E-state index contributed by atoms with van der Waals surface area (Å²) in [6.45, 7) is 5.10. The summed E-state index contributed by atoms with van der Waals surface area (Å²) in [5.41, 5.74) is 1.41. The lowest BCUT2D eigenvalue weighted by Gasteiger charge is -2.09. The molecular formula is C14H17ClN4O2S. The molecule has 0 aliphatic rings. The molecule has 0 saturated carbocycles. The van der Waals surface area contributed by atoms with Gasteiger partial charge in [0.2, 0.25) is 0 Å². The first-order valence-corrected chi connectivity index (χ1v) is 8.16. The van der Waals surface area contributed by atoms with Gasteiger partial charge >= 0.3 is 0 Å². The van der Waals surface area contributed by atoms with E-state index in [1.807, 2.05) is 5.38 Å². The Balaban J connectivity index is 2.10. The summed E-state index contributed by atoms with van der Waals surface area (Å²) in [6, 6.07) is 4.77. The molecule has 0 amide bonds. The van der Waals surface area contributed by atoms with Gasteiger partial charge in [0.15, 0.2) is 5.13 Å². The van der Waals surface area contributed by atoms with Crippen LogP contribution in [0, 0.1) is 10.1 Å². The minimum atomic E-state index is -0.502. The number of nitrogens with one attached hydrogen (secondary N) is 2.